The summed E-state index contributed by atoms with van der Waals surface area (Å²) in [6, 6.07) is 13.6. The molecule has 4 N–H and O–H groups in total. The maximum absolute atomic E-state index is 13.0. The number of phenols is 2. The van der Waals surface area contributed by atoms with E-state index in [1.165, 1.54) is 44.1 Å². The minimum Gasteiger partial charge on any atom is -0.508 e. The van der Waals surface area contributed by atoms with Crippen molar-refractivity contribution in [3.05, 3.63) is 106 Å². The zero-order valence-corrected chi connectivity index (χ0v) is 35.8. The number of halogens is 11. The van der Waals surface area contributed by atoms with Crippen molar-refractivity contribution in [3.8, 4) is 23.0 Å². The van der Waals surface area contributed by atoms with E-state index in [-0.39, 0.29) is 40.1 Å². The second-order valence-corrected chi connectivity index (χ2v) is 16.4. The molecule has 0 aromatic heterocycles. The average molecular weight is 972 g/mol. The molecule has 0 bridgehead atoms. The Morgan fingerprint density at radius 1 is 0.603 bits per heavy atom. The highest BCUT2D eigenvalue weighted by Crippen LogP contribution is 2.40. The number of hydrogen-bond acceptors (Lipinski definition) is 9. The first kappa shape index (κ1) is 55.1. The third kappa shape index (κ3) is 14.8. The lowest BCUT2D eigenvalue weighted by Crippen LogP contribution is -2.41. The van der Waals surface area contributed by atoms with E-state index >= 15 is 0 Å². The summed E-state index contributed by atoms with van der Waals surface area (Å²) in [7, 11) is -1.96. The first-order chi connectivity index (χ1) is 28.1. The van der Waals surface area contributed by atoms with Gasteiger partial charge < -0.3 is 43.6 Å². The summed E-state index contributed by atoms with van der Waals surface area (Å²) < 4.78 is 154. The first-order valence-electron chi connectivity index (χ1n) is 18.1. The molecule has 2 fully saturated rings. The molecule has 1 radical (unpaired) electrons. The Hall–Kier alpha value is -3.99. The van der Waals surface area contributed by atoms with E-state index in [0.717, 1.165) is 24.3 Å². The van der Waals surface area contributed by atoms with Gasteiger partial charge in [0.15, 0.2) is 0 Å². The highest BCUT2D eigenvalue weighted by atomic mass is 79.9. The molecular weight excluding hydrogens is 927 g/mol. The third-order valence-corrected chi connectivity index (χ3v) is 10.6. The predicted octanol–water partition coefficient (Wildman–Crippen LogP) is 9.96. The van der Waals surface area contributed by atoms with Crippen LogP contribution in [0.4, 0.5) is 43.9 Å². The fourth-order valence-corrected chi connectivity index (χ4v) is 5.45. The SMILES string of the molecule is C.CC1(C)OB(c2ccc(O)cc2C(F)(F)F)OC1(C)C.CC1(C)O[B]OC1(C)C.OB(O)c1ccc(Oc2cccc(F)c2)cc1C(F)(F)F.Oc1ccc(Br)c(C(F)(F)F)c1. The van der Waals surface area contributed by atoms with Crippen LogP contribution in [0.2, 0.25) is 0 Å². The van der Waals surface area contributed by atoms with Crippen molar-refractivity contribution in [2.24, 2.45) is 0 Å². The van der Waals surface area contributed by atoms with Crippen molar-refractivity contribution in [1.82, 2.24) is 0 Å². The van der Waals surface area contributed by atoms with E-state index in [0.29, 0.717) is 18.2 Å². The van der Waals surface area contributed by atoms with Gasteiger partial charge in [-0.3, -0.25) is 0 Å². The Balaban J connectivity index is 0.000000302. The molecule has 2 heterocycles. The van der Waals surface area contributed by atoms with Crippen LogP contribution in [-0.2, 0) is 37.1 Å². The summed E-state index contributed by atoms with van der Waals surface area (Å²) in [5.74, 6) is -1.60. The lowest BCUT2D eigenvalue weighted by Gasteiger charge is -2.32. The summed E-state index contributed by atoms with van der Waals surface area (Å²) >= 11 is 2.74. The molecule has 23 heteroatoms. The number of rotatable bonds is 4. The summed E-state index contributed by atoms with van der Waals surface area (Å²) in [6.45, 7) is 15.1. The number of benzene rings is 4. The van der Waals surface area contributed by atoms with E-state index in [1.54, 1.807) is 27.7 Å². The molecule has 9 nitrogen and oxygen atoms in total. The fraction of sp³-hybridized carbons (Fsp3) is 0.400. The smallest absolute Gasteiger partial charge is 0.495 e. The van der Waals surface area contributed by atoms with Crippen LogP contribution in [0.15, 0.2) is 83.3 Å². The van der Waals surface area contributed by atoms with E-state index in [4.69, 9.17) is 38.5 Å². The number of ether oxygens (including phenoxy) is 1. The standard InChI is InChI=1S/C13H9BF4O3.C13H16BF3O3.C7H4BrF3O.C6H12BO2.CH4/c15-8-2-1-3-9(6-8)21-10-4-5-12(14(19)20)11(7-10)13(16,17)18;1-11(2)12(3,4)20-14(19-11)10-6-5-8(18)7-9(10)13(15,16)17;8-6-2-1-4(12)3-5(6)7(9,10)11;1-5(2)6(3,4)9-7-8-5;/h1-7,19-20H;5-7,18H,1-4H3;1-3,12H;1-4H3;1H4. The quantitative estimate of drug-likeness (QED) is 0.117. The van der Waals surface area contributed by atoms with Crippen molar-refractivity contribution in [2.75, 3.05) is 0 Å². The number of phenolic OH excluding ortho intramolecular Hbond substituents is 2. The zero-order chi connectivity index (χ0) is 47.4. The normalized spacial score (nSPS) is 17.0. The lowest BCUT2D eigenvalue weighted by atomic mass is 9.75. The molecule has 0 atom stereocenters. The van der Waals surface area contributed by atoms with E-state index in [1.807, 2.05) is 27.7 Å². The number of aromatic hydroxyl groups is 2. The van der Waals surface area contributed by atoms with Gasteiger partial charge >= 0.3 is 40.5 Å². The topological polar surface area (TPSA) is 127 Å². The average Bonchev–Trinajstić information content (AvgIpc) is 3.50. The lowest BCUT2D eigenvalue weighted by molar-refractivity contribution is -0.138. The van der Waals surface area contributed by atoms with E-state index in [2.05, 4.69) is 15.9 Å². The van der Waals surface area contributed by atoms with Crippen molar-refractivity contribution in [2.45, 2.75) is 104 Å². The second kappa shape index (κ2) is 20.5. The predicted molar refractivity (Wildman–Crippen MR) is 220 cm³/mol. The highest BCUT2D eigenvalue weighted by molar-refractivity contribution is 9.10. The molecule has 0 unspecified atom stereocenters. The van der Waals surface area contributed by atoms with Gasteiger partial charge in [0.1, 0.15) is 28.8 Å². The van der Waals surface area contributed by atoms with Gasteiger partial charge in [0, 0.05) is 10.5 Å². The number of hydrogen-bond donors (Lipinski definition) is 4. The third-order valence-electron chi connectivity index (χ3n) is 9.88. The van der Waals surface area contributed by atoms with Crippen molar-refractivity contribution in [3.63, 3.8) is 0 Å². The minimum absolute atomic E-state index is 0. The Bertz CT molecular complexity index is 2120. The molecule has 0 saturated carbocycles. The summed E-state index contributed by atoms with van der Waals surface area (Å²) in [5.41, 5.74) is -5.69. The summed E-state index contributed by atoms with van der Waals surface area (Å²) in [5, 5.41) is 35.9. The maximum atomic E-state index is 13.0. The maximum Gasteiger partial charge on any atom is 0.495 e. The van der Waals surface area contributed by atoms with Gasteiger partial charge in [0.25, 0.3) is 0 Å². The molecule has 0 spiro atoms. The summed E-state index contributed by atoms with van der Waals surface area (Å²) in [6.07, 6.45) is -13.8. The molecule has 6 rings (SSSR count). The van der Waals surface area contributed by atoms with Crippen molar-refractivity contribution in [1.29, 1.82) is 0 Å². The molecule has 2 aliphatic rings. The van der Waals surface area contributed by atoms with Gasteiger partial charge in [-0.2, -0.15) is 39.5 Å². The van der Waals surface area contributed by atoms with Gasteiger partial charge in [0.05, 0.1) is 39.1 Å². The summed E-state index contributed by atoms with van der Waals surface area (Å²) in [4.78, 5) is 0. The fourth-order valence-electron chi connectivity index (χ4n) is 4.98. The molecule has 4 aromatic carbocycles. The Labute approximate surface area is 368 Å². The monoisotopic (exact) mass is 971 g/mol. The van der Waals surface area contributed by atoms with Gasteiger partial charge in [-0.1, -0.05) is 41.6 Å². The van der Waals surface area contributed by atoms with E-state index in [9.17, 15) is 49.0 Å². The van der Waals surface area contributed by atoms with Crippen LogP contribution in [-0.4, -0.2) is 64.6 Å². The zero-order valence-electron chi connectivity index (χ0n) is 34.2. The first-order valence-corrected chi connectivity index (χ1v) is 18.9. The molecule has 4 aromatic rings. The molecule has 0 amide bonds. The Morgan fingerprint density at radius 3 is 1.48 bits per heavy atom. The molecular formula is C40H45B3BrF10O9. The van der Waals surface area contributed by atoms with E-state index < -0.39 is 83.4 Å². The van der Waals surface area contributed by atoms with Gasteiger partial charge in [-0.25, -0.2) is 4.39 Å². The van der Waals surface area contributed by atoms with Gasteiger partial charge in [0.2, 0.25) is 0 Å². The van der Waals surface area contributed by atoms with Gasteiger partial charge in [-0.15, -0.1) is 0 Å². The van der Waals surface area contributed by atoms with Crippen LogP contribution in [0.3, 0.4) is 0 Å². The van der Waals surface area contributed by atoms with Crippen molar-refractivity contribution >= 4 is 48.8 Å². The van der Waals surface area contributed by atoms with Crippen LogP contribution in [0.25, 0.3) is 0 Å². The highest BCUT2D eigenvalue weighted by Gasteiger charge is 2.54. The molecule has 63 heavy (non-hydrogen) atoms. The Morgan fingerprint density at radius 2 is 1.06 bits per heavy atom. The van der Waals surface area contributed by atoms with Crippen LogP contribution in [0.1, 0.15) is 79.5 Å². The molecule has 345 valence electrons. The molecule has 0 aliphatic carbocycles. The minimum atomic E-state index is -4.78. The molecule has 2 saturated heterocycles. The Kier molecular flexibility index (Phi) is 17.9. The number of alkyl halides is 9. The van der Waals surface area contributed by atoms with Crippen LogP contribution in [0.5, 0.6) is 23.0 Å². The van der Waals surface area contributed by atoms with Crippen molar-refractivity contribution < 1.29 is 87.5 Å². The molecule has 2 aliphatic heterocycles. The van der Waals surface area contributed by atoms with Crippen LogP contribution >= 0.6 is 15.9 Å². The van der Waals surface area contributed by atoms with Crippen LogP contribution < -0.4 is 15.7 Å². The van der Waals surface area contributed by atoms with Gasteiger partial charge in [-0.05, 0) is 121 Å². The second-order valence-electron chi connectivity index (χ2n) is 15.6. The van der Waals surface area contributed by atoms with Crippen LogP contribution in [0, 0.1) is 5.82 Å². The largest absolute Gasteiger partial charge is 0.508 e.